The number of hydrogen-bond acceptors (Lipinski definition) is 4. The van der Waals surface area contributed by atoms with Crippen LogP contribution in [0, 0.1) is 10.1 Å². The van der Waals surface area contributed by atoms with Crippen LogP contribution in [0.5, 0.6) is 0 Å². The SMILES string of the molecule is CN(C)C(CNC(=O)c1ccc([N+](=O)[O-])cc1)Cc1ccccc1. The Kier molecular flexibility index (Phi) is 6.03. The minimum absolute atomic E-state index is 0.0261. The van der Waals surface area contributed by atoms with Gasteiger partial charge in [-0.05, 0) is 38.2 Å². The van der Waals surface area contributed by atoms with Crippen LogP contribution in [0.15, 0.2) is 54.6 Å². The summed E-state index contributed by atoms with van der Waals surface area (Å²) in [6.07, 6.45) is 0.828. The van der Waals surface area contributed by atoms with Crippen LogP contribution in [0.1, 0.15) is 15.9 Å². The summed E-state index contributed by atoms with van der Waals surface area (Å²) in [6, 6.07) is 15.9. The van der Waals surface area contributed by atoms with E-state index in [4.69, 9.17) is 0 Å². The first kappa shape index (κ1) is 17.6. The molecule has 2 aromatic carbocycles. The van der Waals surface area contributed by atoms with E-state index in [1.165, 1.54) is 29.8 Å². The highest BCUT2D eigenvalue weighted by molar-refractivity contribution is 5.94. The molecule has 2 rings (SSSR count). The number of carbonyl (C=O) groups excluding carboxylic acids is 1. The van der Waals surface area contributed by atoms with Gasteiger partial charge in [0, 0.05) is 30.3 Å². The third kappa shape index (κ3) is 4.89. The summed E-state index contributed by atoms with van der Waals surface area (Å²) in [5.74, 6) is -0.232. The van der Waals surface area contributed by atoms with E-state index in [0.717, 1.165) is 6.42 Å². The Morgan fingerprint density at radius 3 is 2.29 bits per heavy atom. The maximum atomic E-state index is 12.2. The lowest BCUT2D eigenvalue weighted by atomic mass is 10.0. The second kappa shape index (κ2) is 8.21. The number of amides is 1. The van der Waals surface area contributed by atoms with Gasteiger partial charge in [0.05, 0.1) is 4.92 Å². The normalized spacial score (nSPS) is 12.0. The molecule has 0 heterocycles. The zero-order chi connectivity index (χ0) is 17.5. The number of rotatable bonds is 7. The summed E-state index contributed by atoms with van der Waals surface area (Å²) < 4.78 is 0. The smallest absolute Gasteiger partial charge is 0.269 e. The quantitative estimate of drug-likeness (QED) is 0.626. The Hall–Kier alpha value is -2.73. The van der Waals surface area contributed by atoms with E-state index in [1.54, 1.807) is 0 Å². The molecule has 126 valence electrons. The molecule has 1 N–H and O–H groups in total. The van der Waals surface area contributed by atoms with Gasteiger partial charge >= 0.3 is 0 Å². The van der Waals surface area contributed by atoms with Gasteiger partial charge in [-0.2, -0.15) is 0 Å². The van der Waals surface area contributed by atoms with E-state index >= 15 is 0 Å². The Balaban J connectivity index is 1.95. The van der Waals surface area contributed by atoms with Crippen LogP contribution in [0.3, 0.4) is 0 Å². The number of nitro benzene ring substituents is 1. The number of nitrogens with zero attached hydrogens (tertiary/aromatic N) is 2. The van der Waals surface area contributed by atoms with Crippen LogP contribution >= 0.6 is 0 Å². The first-order chi connectivity index (χ1) is 11.5. The highest BCUT2D eigenvalue weighted by atomic mass is 16.6. The van der Waals surface area contributed by atoms with Crippen molar-refractivity contribution in [2.24, 2.45) is 0 Å². The minimum atomic E-state index is -0.483. The molecule has 0 aliphatic carbocycles. The fourth-order valence-electron chi connectivity index (χ4n) is 2.37. The maximum absolute atomic E-state index is 12.2. The van der Waals surface area contributed by atoms with Crippen LogP contribution in [-0.2, 0) is 6.42 Å². The highest BCUT2D eigenvalue weighted by Crippen LogP contribution is 2.12. The van der Waals surface area contributed by atoms with Gasteiger partial charge in [0.25, 0.3) is 11.6 Å². The van der Waals surface area contributed by atoms with Gasteiger partial charge < -0.3 is 10.2 Å². The van der Waals surface area contributed by atoms with E-state index in [1.807, 2.05) is 32.3 Å². The Labute approximate surface area is 141 Å². The van der Waals surface area contributed by atoms with Crippen molar-refractivity contribution in [3.63, 3.8) is 0 Å². The fourth-order valence-corrected chi connectivity index (χ4v) is 2.37. The number of nitrogens with one attached hydrogen (secondary N) is 1. The molecule has 1 atom stereocenters. The maximum Gasteiger partial charge on any atom is 0.269 e. The molecule has 0 saturated heterocycles. The summed E-state index contributed by atoms with van der Waals surface area (Å²) in [4.78, 5) is 24.4. The van der Waals surface area contributed by atoms with E-state index in [2.05, 4.69) is 22.3 Å². The minimum Gasteiger partial charge on any atom is -0.350 e. The molecule has 2 aromatic rings. The summed E-state index contributed by atoms with van der Waals surface area (Å²) >= 11 is 0. The zero-order valence-corrected chi connectivity index (χ0v) is 13.8. The highest BCUT2D eigenvalue weighted by Gasteiger charge is 2.15. The van der Waals surface area contributed by atoms with Crippen molar-refractivity contribution in [2.45, 2.75) is 12.5 Å². The molecule has 1 amide bonds. The molecule has 24 heavy (non-hydrogen) atoms. The lowest BCUT2D eigenvalue weighted by Gasteiger charge is -2.24. The molecule has 0 spiro atoms. The van der Waals surface area contributed by atoms with Crippen molar-refractivity contribution in [1.29, 1.82) is 0 Å². The molecular weight excluding hydrogens is 306 g/mol. The number of hydrogen-bond donors (Lipinski definition) is 1. The molecule has 6 heteroatoms. The number of non-ortho nitro benzene ring substituents is 1. The van der Waals surface area contributed by atoms with Crippen LogP contribution in [-0.4, -0.2) is 42.4 Å². The van der Waals surface area contributed by atoms with Crippen LogP contribution in [0.4, 0.5) is 5.69 Å². The first-order valence-electron chi connectivity index (χ1n) is 7.70. The average molecular weight is 327 g/mol. The number of benzene rings is 2. The van der Waals surface area contributed by atoms with E-state index in [0.29, 0.717) is 12.1 Å². The molecule has 1 unspecified atom stereocenters. The van der Waals surface area contributed by atoms with Gasteiger partial charge in [-0.25, -0.2) is 0 Å². The molecule has 0 aliphatic rings. The van der Waals surface area contributed by atoms with Crippen LogP contribution in [0.2, 0.25) is 0 Å². The van der Waals surface area contributed by atoms with Crippen molar-refractivity contribution in [3.8, 4) is 0 Å². The number of nitro groups is 1. The van der Waals surface area contributed by atoms with E-state index in [9.17, 15) is 14.9 Å². The van der Waals surface area contributed by atoms with Gasteiger partial charge in [0.15, 0.2) is 0 Å². The molecule has 0 saturated carbocycles. The van der Waals surface area contributed by atoms with Gasteiger partial charge in [-0.1, -0.05) is 30.3 Å². The molecule has 0 bridgehead atoms. The summed E-state index contributed by atoms with van der Waals surface area (Å²) in [6.45, 7) is 0.498. The standard InChI is InChI=1S/C18H21N3O3/c1-20(2)17(12-14-6-4-3-5-7-14)13-19-18(22)15-8-10-16(11-9-15)21(23)24/h3-11,17H,12-13H2,1-2H3,(H,19,22). The lowest BCUT2D eigenvalue weighted by Crippen LogP contribution is -2.41. The fraction of sp³-hybridized carbons (Fsp3) is 0.278. The Morgan fingerprint density at radius 2 is 1.75 bits per heavy atom. The Morgan fingerprint density at radius 1 is 1.12 bits per heavy atom. The number of carbonyl (C=O) groups is 1. The van der Waals surface area contributed by atoms with Gasteiger partial charge in [-0.3, -0.25) is 14.9 Å². The molecule has 0 aliphatic heterocycles. The number of likely N-dealkylation sites (N-methyl/N-ethyl adjacent to an activating group) is 1. The van der Waals surface area contributed by atoms with Gasteiger partial charge in [0.1, 0.15) is 0 Å². The summed E-state index contributed by atoms with van der Waals surface area (Å²) in [5.41, 5.74) is 1.60. The van der Waals surface area contributed by atoms with Gasteiger partial charge in [-0.15, -0.1) is 0 Å². The van der Waals surface area contributed by atoms with Crippen molar-refractivity contribution in [3.05, 3.63) is 75.8 Å². The molecule has 0 radical (unpaired) electrons. The molecule has 0 aromatic heterocycles. The Bertz CT molecular complexity index is 684. The van der Waals surface area contributed by atoms with Crippen molar-refractivity contribution < 1.29 is 9.72 Å². The van der Waals surface area contributed by atoms with Crippen LogP contribution in [0.25, 0.3) is 0 Å². The van der Waals surface area contributed by atoms with Crippen molar-refractivity contribution >= 4 is 11.6 Å². The molecule has 6 nitrogen and oxygen atoms in total. The monoisotopic (exact) mass is 327 g/mol. The van der Waals surface area contributed by atoms with Crippen LogP contribution < -0.4 is 5.32 Å². The van der Waals surface area contributed by atoms with E-state index < -0.39 is 4.92 Å². The van der Waals surface area contributed by atoms with Crippen molar-refractivity contribution in [2.75, 3.05) is 20.6 Å². The molecule has 0 fully saturated rings. The second-order valence-electron chi connectivity index (χ2n) is 5.82. The van der Waals surface area contributed by atoms with Gasteiger partial charge in [0.2, 0.25) is 0 Å². The first-order valence-corrected chi connectivity index (χ1v) is 7.70. The van der Waals surface area contributed by atoms with Crippen molar-refractivity contribution in [1.82, 2.24) is 10.2 Å². The third-order valence-electron chi connectivity index (χ3n) is 3.88. The van der Waals surface area contributed by atoms with E-state index in [-0.39, 0.29) is 17.6 Å². The second-order valence-corrected chi connectivity index (χ2v) is 5.82. The predicted molar refractivity (Wildman–Crippen MR) is 93.1 cm³/mol. The zero-order valence-electron chi connectivity index (χ0n) is 13.8. The average Bonchev–Trinajstić information content (AvgIpc) is 2.59. The largest absolute Gasteiger partial charge is 0.350 e. The lowest BCUT2D eigenvalue weighted by molar-refractivity contribution is -0.384. The summed E-state index contributed by atoms with van der Waals surface area (Å²) in [7, 11) is 3.96. The third-order valence-corrected chi connectivity index (χ3v) is 3.88. The summed E-state index contributed by atoms with van der Waals surface area (Å²) in [5, 5.41) is 13.5. The topological polar surface area (TPSA) is 75.5 Å². The molecular formula is C18H21N3O3. The predicted octanol–water partition coefficient (Wildman–Crippen LogP) is 2.50.